The molecule has 0 aromatic carbocycles. The standard InChI is InChI=1S/C9H16O/c1-10-8-4-2-3-5-9-6-7-9/h2,4,9H,3,5-8H2,1H3. The average Bonchev–Trinajstić information content (AvgIpc) is 2.71. The molecule has 0 unspecified atom stereocenters. The summed E-state index contributed by atoms with van der Waals surface area (Å²) in [6.45, 7) is 0.769. The quantitative estimate of drug-likeness (QED) is 0.533. The molecule has 0 amide bonds. The van der Waals surface area contributed by atoms with Gasteiger partial charge in [0.15, 0.2) is 0 Å². The minimum atomic E-state index is 0.769. The molecule has 0 saturated heterocycles. The minimum absolute atomic E-state index is 0.769. The van der Waals surface area contributed by atoms with E-state index in [1.165, 1.54) is 25.7 Å². The molecule has 1 fully saturated rings. The second-order valence-corrected chi connectivity index (χ2v) is 2.95. The van der Waals surface area contributed by atoms with Crippen LogP contribution in [0.5, 0.6) is 0 Å². The summed E-state index contributed by atoms with van der Waals surface area (Å²) < 4.78 is 4.88. The fourth-order valence-electron chi connectivity index (χ4n) is 1.02. The summed E-state index contributed by atoms with van der Waals surface area (Å²) in [5.74, 6) is 1.06. The highest BCUT2D eigenvalue weighted by molar-refractivity contribution is 4.84. The molecule has 1 aliphatic rings. The number of hydrogen-bond acceptors (Lipinski definition) is 1. The summed E-state index contributed by atoms with van der Waals surface area (Å²) in [4.78, 5) is 0. The first-order valence-electron chi connectivity index (χ1n) is 4.07. The molecule has 0 spiro atoms. The van der Waals surface area contributed by atoms with E-state index in [4.69, 9.17) is 4.74 Å². The third-order valence-electron chi connectivity index (χ3n) is 1.87. The number of rotatable bonds is 5. The average molecular weight is 140 g/mol. The molecule has 10 heavy (non-hydrogen) atoms. The first kappa shape index (κ1) is 7.80. The van der Waals surface area contributed by atoms with Crippen LogP contribution in [0, 0.1) is 5.92 Å². The van der Waals surface area contributed by atoms with Gasteiger partial charge in [-0.3, -0.25) is 0 Å². The monoisotopic (exact) mass is 140 g/mol. The topological polar surface area (TPSA) is 9.23 Å². The largest absolute Gasteiger partial charge is 0.381 e. The molecule has 1 rings (SSSR count). The van der Waals surface area contributed by atoms with Gasteiger partial charge in [0.2, 0.25) is 0 Å². The van der Waals surface area contributed by atoms with E-state index in [1.54, 1.807) is 7.11 Å². The van der Waals surface area contributed by atoms with E-state index >= 15 is 0 Å². The Hall–Kier alpha value is -0.300. The number of hydrogen-bond donors (Lipinski definition) is 0. The molecule has 1 heteroatoms. The fourth-order valence-corrected chi connectivity index (χ4v) is 1.02. The number of allylic oxidation sites excluding steroid dienone is 1. The van der Waals surface area contributed by atoms with Gasteiger partial charge in [-0.1, -0.05) is 25.0 Å². The minimum Gasteiger partial charge on any atom is -0.381 e. The van der Waals surface area contributed by atoms with Crippen LogP contribution in [0.3, 0.4) is 0 Å². The Morgan fingerprint density at radius 3 is 2.80 bits per heavy atom. The highest BCUT2D eigenvalue weighted by atomic mass is 16.5. The van der Waals surface area contributed by atoms with Crippen molar-refractivity contribution < 1.29 is 4.74 Å². The van der Waals surface area contributed by atoms with E-state index < -0.39 is 0 Å². The first-order chi connectivity index (χ1) is 4.93. The van der Waals surface area contributed by atoms with Crippen LogP contribution >= 0.6 is 0 Å². The lowest BCUT2D eigenvalue weighted by molar-refractivity contribution is 0.233. The molecular weight excluding hydrogens is 124 g/mol. The maximum atomic E-state index is 4.88. The maximum absolute atomic E-state index is 4.88. The molecule has 1 nitrogen and oxygen atoms in total. The second kappa shape index (κ2) is 4.51. The first-order valence-corrected chi connectivity index (χ1v) is 4.07. The van der Waals surface area contributed by atoms with E-state index in [0.29, 0.717) is 0 Å². The van der Waals surface area contributed by atoms with Crippen molar-refractivity contribution in [1.82, 2.24) is 0 Å². The Morgan fingerprint density at radius 1 is 1.40 bits per heavy atom. The summed E-state index contributed by atoms with van der Waals surface area (Å²) in [6, 6.07) is 0. The third kappa shape index (κ3) is 3.67. The van der Waals surface area contributed by atoms with Gasteiger partial charge >= 0.3 is 0 Å². The Labute approximate surface area is 63.1 Å². The molecule has 0 N–H and O–H groups in total. The Kier molecular flexibility index (Phi) is 3.52. The van der Waals surface area contributed by atoms with Gasteiger partial charge in [-0.15, -0.1) is 0 Å². The molecule has 0 radical (unpaired) electrons. The van der Waals surface area contributed by atoms with Gasteiger partial charge in [0.1, 0.15) is 0 Å². The number of ether oxygens (including phenoxy) is 1. The van der Waals surface area contributed by atoms with Gasteiger partial charge in [0, 0.05) is 7.11 Å². The zero-order valence-corrected chi connectivity index (χ0v) is 6.68. The van der Waals surface area contributed by atoms with Crippen LogP contribution in [0.4, 0.5) is 0 Å². The molecule has 0 aromatic heterocycles. The summed E-state index contributed by atoms with van der Waals surface area (Å²) in [5, 5.41) is 0. The predicted octanol–water partition coefficient (Wildman–Crippen LogP) is 2.38. The van der Waals surface area contributed by atoms with Gasteiger partial charge in [-0.05, 0) is 18.8 Å². The van der Waals surface area contributed by atoms with Crippen LogP contribution in [-0.2, 0) is 4.74 Å². The van der Waals surface area contributed by atoms with Gasteiger partial charge in [0.05, 0.1) is 6.61 Å². The molecule has 1 saturated carbocycles. The van der Waals surface area contributed by atoms with Crippen molar-refractivity contribution in [2.75, 3.05) is 13.7 Å². The Morgan fingerprint density at radius 2 is 2.20 bits per heavy atom. The van der Waals surface area contributed by atoms with Crippen molar-refractivity contribution in [2.45, 2.75) is 25.7 Å². The predicted molar refractivity (Wildman–Crippen MR) is 43.0 cm³/mol. The van der Waals surface area contributed by atoms with E-state index in [2.05, 4.69) is 12.2 Å². The normalized spacial score (nSPS) is 18.5. The molecular formula is C9H16O. The van der Waals surface area contributed by atoms with Gasteiger partial charge < -0.3 is 4.74 Å². The Bertz CT molecular complexity index is 103. The van der Waals surface area contributed by atoms with Crippen molar-refractivity contribution in [3.05, 3.63) is 12.2 Å². The lowest BCUT2D eigenvalue weighted by atomic mass is 10.2. The lowest BCUT2D eigenvalue weighted by Crippen LogP contribution is -1.80. The smallest absolute Gasteiger partial charge is 0.0643 e. The zero-order valence-electron chi connectivity index (χ0n) is 6.68. The molecule has 0 aliphatic heterocycles. The number of methoxy groups -OCH3 is 1. The van der Waals surface area contributed by atoms with Crippen LogP contribution in [0.2, 0.25) is 0 Å². The van der Waals surface area contributed by atoms with E-state index in [9.17, 15) is 0 Å². The summed E-state index contributed by atoms with van der Waals surface area (Å²) in [6.07, 6.45) is 9.90. The van der Waals surface area contributed by atoms with Crippen LogP contribution in [0.15, 0.2) is 12.2 Å². The van der Waals surface area contributed by atoms with Crippen molar-refractivity contribution >= 4 is 0 Å². The summed E-state index contributed by atoms with van der Waals surface area (Å²) in [7, 11) is 1.73. The second-order valence-electron chi connectivity index (χ2n) is 2.95. The van der Waals surface area contributed by atoms with E-state index in [1.807, 2.05) is 0 Å². The van der Waals surface area contributed by atoms with Gasteiger partial charge in [-0.25, -0.2) is 0 Å². The highest BCUT2D eigenvalue weighted by Gasteiger charge is 2.19. The maximum Gasteiger partial charge on any atom is 0.0643 e. The van der Waals surface area contributed by atoms with Gasteiger partial charge in [-0.2, -0.15) is 0 Å². The Balaban J connectivity index is 1.83. The fraction of sp³-hybridized carbons (Fsp3) is 0.778. The molecule has 0 aromatic rings. The highest BCUT2D eigenvalue weighted by Crippen LogP contribution is 2.33. The molecule has 58 valence electrons. The third-order valence-corrected chi connectivity index (χ3v) is 1.87. The van der Waals surface area contributed by atoms with Crippen molar-refractivity contribution in [2.24, 2.45) is 5.92 Å². The van der Waals surface area contributed by atoms with E-state index in [0.717, 1.165) is 12.5 Å². The zero-order chi connectivity index (χ0) is 7.23. The van der Waals surface area contributed by atoms with Crippen molar-refractivity contribution in [1.29, 1.82) is 0 Å². The van der Waals surface area contributed by atoms with Crippen molar-refractivity contribution in [3.63, 3.8) is 0 Å². The van der Waals surface area contributed by atoms with E-state index in [-0.39, 0.29) is 0 Å². The van der Waals surface area contributed by atoms with Crippen LogP contribution < -0.4 is 0 Å². The van der Waals surface area contributed by atoms with Crippen LogP contribution in [0.1, 0.15) is 25.7 Å². The van der Waals surface area contributed by atoms with Crippen molar-refractivity contribution in [3.8, 4) is 0 Å². The molecule has 0 atom stereocenters. The SMILES string of the molecule is COCC=CCCC1CC1. The van der Waals surface area contributed by atoms with Crippen LogP contribution in [-0.4, -0.2) is 13.7 Å². The molecule has 0 heterocycles. The van der Waals surface area contributed by atoms with Crippen LogP contribution in [0.25, 0.3) is 0 Å². The van der Waals surface area contributed by atoms with Gasteiger partial charge in [0.25, 0.3) is 0 Å². The summed E-state index contributed by atoms with van der Waals surface area (Å²) >= 11 is 0. The summed E-state index contributed by atoms with van der Waals surface area (Å²) in [5.41, 5.74) is 0. The molecule has 1 aliphatic carbocycles. The lowest BCUT2D eigenvalue weighted by Gasteiger charge is -1.90. The molecule has 0 bridgehead atoms.